The number of fused-ring (bicyclic) bond motifs is 1. The van der Waals surface area contributed by atoms with E-state index >= 15 is 0 Å². The molecule has 6 heteroatoms. The zero-order valence-corrected chi connectivity index (χ0v) is 13.2. The van der Waals surface area contributed by atoms with Gasteiger partial charge in [-0.15, -0.1) is 0 Å². The molecule has 122 valence electrons. The number of aromatic nitrogens is 2. The van der Waals surface area contributed by atoms with Gasteiger partial charge in [-0.05, 0) is 17.5 Å². The number of rotatable bonds is 5. The van der Waals surface area contributed by atoms with Crippen LogP contribution in [0.1, 0.15) is 36.9 Å². The molecule has 3 rings (SSSR count). The third kappa shape index (κ3) is 3.37. The molecule has 0 saturated carbocycles. The van der Waals surface area contributed by atoms with E-state index < -0.39 is 6.10 Å². The number of amides is 2. The highest BCUT2D eigenvalue weighted by molar-refractivity contribution is 5.88. The molecule has 2 atom stereocenters. The molecule has 0 saturated heterocycles. The quantitative estimate of drug-likeness (QED) is 0.793. The Bertz CT molecular complexity index is 683. The topological polar surface area (TPSA) is 79.2 Å². The van der Waals surface area contributed by atoms with E-state index in [1.165, 1.54) is 0 Å². The molecule has 1 aromatic heterocycles. The first-order valence-electron chi connectivity index (χ1n) is 8.04. The summed E-state index contributed by atoms with van der Waals surface area (Å²) in [5.74, 6) is 0.664. The Morgan fingerprint density at radius 3 is 3.04 bits per heavy atom. The van der Waals surface area contributed by atoms with Gasteiger partial charge >= 0.3 is 6.03 Å². The minimum atomic E-state index is -0.594. The van der Waals surface area contributed by atoms with Crippen molar-refractivity contribution in [1.82, 2.24) is 15.1 Å². The van der Waals surface area contributed by atoms with Crippen LogP contribution in [0.3, 0.4) is 0 Å². The lowest BCUT2D eigenvalue weighted by molar-refractivity contribution is 0.144. The fourth-order valence-electron chi connectivity index (χ4n) is 2.97. The number of nitrogens with one attached hydrogen (secondary N) is 2. The predicted molar refractivity (Wildman–Crippen MR) is 88.2 cm³/mol. The second-order valence-electron chi connectivity index (χ2n) is 5.84. The van der Waals surface area contributed by atoms with Crippen LogP contribution >= 0.6 is 0 Å². The number of unbranched alkanes of at least 4 members (excludes halogenated alkanes) is 1. The predicted octanol–water partition coefficient (Wildman–Crippen LogP) is 2.46. The van der Waals surface area contributed by atoms with Crippen LogP contribution in [0.4, 0.5) is 10.6 Å². The van der Waals surface area contributed by atoms with Crippen molar-refractivity contribution in [1.29, 1.82) is 0 Å². The summed E-state index contributed by atoms with van der Waals surface area (Å²) in [6.45, 7) is 2.89. The fraction of sp³-hybridized carbons (Fsp3) is 0.412. The Morgan fingerprint density at radius 2 is 2.22 bits per heavy atom. The molecule has 0 spiro atoms. The number of aliphatic hydroxyl groups excluding tert-OH is 1. The van der Waals surface area contributed by atoms with Gasteiger partial charge in [-0.25, -0.2) is 9.48 Å². The summed E-state index contributed by atoms with van der Waals surface area (Å²) in [5.41, 5.74) is 2.06. The molecule has 2 amide bonds. The van der Waals surface area contributed by atoms with Crippen LogP contribution in [-0.2, 0) is 13.0 Å². The summed E-state index contributed by atoms with van der Waals surface area (Å²) in [6, 6.07) is 8.86. The molecule has 0 bridgehead atoms. The number of hydrogen-bond donors (Lipinski definition) is 3. The number of aliphatic hydroxyl groups is 1. The van der Waals surface area contributed by atoms with Gasteiger partial charge in [0.05, 0.1) is 18.3 Å². The van der Waals surface area contributed by atoms with Crippen molar-refractivity contribution < 1.29 is 9.90 Å². The maximum absolute atomic E-state index is 12.3. The average Bonchev–Trinajstić information content (AvgIpc) is 3.10. The van der Waals surface area contributed by atoms with Gasteiger partial charge in [-0.1, -0.05) is 37.6 Å². The Balaban J connectivity index is 1.65. The van der Waals surface area contributed by atoms with Crippen LogP contribution in [-0.4, -0.2) is 27.0 Å². The zero-order valence-electron chi connectivity index (χ0n) is 13.2. The molecule has 3 N–H and O–H groups in total. The lowest BCUT2D eigenvalue weighted by Crippen LogP contribution is -2.37. The SMILES string of the molecule is CCCCn1nccc1NC(=O)N[C@H]1c2ccccc2C[C@@H]1O. The Kier molecular flexibility index (Phi) is 4.62. The molecule has 1 aliphatic carbocycles. The summed E-state index contributed by atoms with van der Waals surface area (Å²) in [7, 11) is 0. The smallest absolute Gasteiger partial charge is 0.320 e. The number of aryl methyl sites for hydroxylation is 1. The molecule has 2 aromatic rings. The molecular formula is C17H22N4O2. The minimum Gasteiger partial charge on any atom is -0.390 e. The van der Waals surface area contributed by atoms with Gasteiger partial charge in [0, 0.05) is 19.0 Å². The molecule has 0 unspecified atom stereocenters. The highest BCUT2D eigenvalue weighted by atomic mass is 16.3. The fourth-order valence-corrected chi connectivity index (χ4v) is 2.97. The Hall–Kier alpha value is -2.34. The monoisotopic (exact) mass is 314 g/mol. The summed E-state index contributed by atoms with van der Waals surface area (Å²) in [6.07, 6.45) is 3.72. The second kappa shape index (κ2) is 6.83. The van der Waals surface area contributed by atoms with Crippen molar-refractivity contribution >= 4 is 11.8 Å². The second-order valence-corrected chi connectivity index (χ2v) is 5.84. The molecule has 1 heterocycles. The van der Waals surface area contributed by atoms with Gasteiger partial charge in [0.15, 0.2) is 0 Å². The number of anilines is 1. The summed E-state index contributed by atoms with van der Waals surface area (Å²) < 4.78 is 1.78. The van der Waals surface area contributed by atoms with E-state index in [4.69, 9.17) is 0 Å². The number of carbonyl (C=O) groups excluding carboxylic acids is 1. The largest absolute Gasteiger partial charge is 0.390 e. The van der Waals surface area contributed by atoms with Crippen LogP contribution in [0.15, 0.2) is 36.5 Å². The number of nitrogens with zero attached hydrogens (tertiary/aromatic N) is 2. The van der Waals surface area contributed by atoms with E-state index in [2.05, 4.69) is 22.7 Å². The molecule has 1 aliphatic rings. The molecule has 6 nitrogen and oxygen atoms in total. The third-order valence-electron chi connectivity index (χ3n) is 4.17. The van der Waals surface area contributed by atoms with E-state index in [1.54, 1.807) is 16.9 Å². The number of benzene rings is 1. The summed E-state index contributed by atoms with van der Waals surface area (Å²) in [5, 5.41) is 20.1. The third-order valence-corrected chi connectivity index (χ3v) is 4.17. The highest BCUT2D eigenvalue weighted by Crippen LogP contribution is 2.31. The van der Waals surface area contributed by atoms with Gasteiger partial charge in [0.1, 0.15) is 5.82 Å². The Morgan fingerprint density at radius 1 is 1.39 bits per heavy atom. The van der Waals surface area contributed by atoms with Crippen LogP contribution in [0.2, 0.25) is 0 Å². The number of hydrogen-bond acceptors (Lipinski definition) is 3. The van der Waals surface area contributed by atoms with Crippen molar-refractivity contribution in [2.45, 2.75) is 44.9 Å². The first-order valence-corrected chi connectivity index (χ1v) is 8.04. The summed E-state index contributed by atoms with van der Waals surface area (Å²) in [4.78, 5) is 12.3. The molecule has 1 aromatic carbocycles. The zero-order chi connectivity index (χ0) is 16.2. The van der Waals surface area contributed by atoms with Crippen LogP contribution in [0.25, 0.3) is 0 Å². The van der Waals surface area contributed by atoms with Crippen LogP contribution < -0.4 is 10.6 Å². The normalized spacial score (nSPS) is 19.4. The van der Waals surface area contributed by atoms with E-state index in [0.29, 0.717) is 12.2 Å². The average molecular weight is 314 g/mol. The minimum absolute atomic E-state index is 0.330. The van der Waals surface area contributed by atoms with Gasteiger partial charge in [-0.3, -0.25) is 5.32 Å². The van der Waals surface area contributed by atoms with Crippen LogP contribution in [0.5, 0.6) is 0 Å². The molecule has 0 fully saturated rings. The van der Waals surface area contributed by atoms with Gasteiger partial charge < -0.3 is 10.4 Å². The molecular weight excluding hydrogens is 292 g/mol. The van der Waals surface area contributed by atoms with Crippen molar-refractivity contribution in [3.8, 4) is 0 Å². The van der Waals surface area contributed by atoms with Crippen molar-refractivity contribution in [2.75, 3.05) is 5.32 Å². The van der Waals surface area contributed by atoms with Gasteiger partial charge in [-0.2, -0.15) is 5.10 Å². The first-order chi connectivity index (χ1) is 11.2. The van der Waals surface area contributed by atoms with Crippen LogP contribution in [0, 0.1) is 0 Å². The molecule has 0 aliphatic heterocycles. The Labute approximate surface area is 135 Å². The van der Waals surface area contributed by atoms with E-state index in [1.807, 2.05) is 24.3 Å². The standard InChI is InChI=1S/C17H22N4O2/c1-2-3-10-21-15(8-9-18-21)19-17(23)20-16-13-7-5-4-6-12(13)11-14(16)22/h4-9,14,16,22H,2-3,10-11H2,1H3,(H2,19,20,23)/t14-,16-/m0/s1. The lowest BCUT2D eigenvalue weighted by atomic mass is 10.1. The maximum atomic E-state index is 12.3. The number of urea groups is 1. The van der Waals surface area contributed by atoms with Gasteiger partial charge in [0.25, 0.3) is 0 Å². The molecule has 23 heavy (non-hydrogen) atoms. The maximum Gasteiger partial charge on any atom is 0.320 e. The number of carbonyl (C=O) groups is 1. The molecule has 0 radical (unpaired) electrons. The van der Waals surface area contributed by atoms with E-state index in [-0.39, 0.29) is 12.1 Å². The van der Waals surface area contributed by atoms with Gasteiger partial charge in [0.2, 0.25) is 0 Å². The van der Waals surface area contributed by atoms with Crippen molar-refractivity contribution in [2.24, 2.45) is 0 Å². The summed E-state index contributed by atoms with van der Waals surface area (Å²) >= 11 is 0. The van der Waals surface area contributed by atoms with E-state index in [9.17, 15) is 9.90 Å². The van der Waals surface area contributed by atoms with Crippen molar-refractivity contribution in [3.63, 3.8) is 0 Å². The van der Waals surface area contributed by atoms with E-state index in [0.717, 1.165) is 30.5 Å². The lowest BCUT2D eigenvalue weighted by Gasteiger charge is -2.18. The van der Waals surface area contributed by atoms with Crippen molar-refractivity contribution in [3.05, 3.63) is 47.7 Å². The highest BCUT2D eigenvalue weighted by Gasteiger charge is 2.31. The first kappa shape index (κ1) is 15.6.